The first-order valence-electron chi connectivity index (χ1n) is 3.29. The number of nitrogens with one attached hydrogen (secondary N) is 1. The maximum atomic E-state index is 7.34. The summed E-state index contributed by atoms with van der Waals surface area (Å²) in [6.45, 7) is 3.67. The Hall–Kier alpha value is -0.700. The molecule has 0 fully saturated rings. The molecule has 0 aromatic carbocycles. The average Bonchev–Trinajstić information content (AvgIpc) is 1.94. The summed E-state index contributed by atoms with van der Waals surface area (Å²) in [5.74, 6) is 0. The number of pyridine rings is 1. The van der Waals surface area contributed by atoms with Gasteiger partial charge in [0, 0.05) is 21.9 Å². The van der Waals surface area contributed by atoms with Crippen molar-refractivity contribution in [2.45, 2.75) is 13.8 Å². The van der Waals surface area contributed by atoms with Gasteiger partial charge in [0.2, 0.25) is 0 Å². The average molecular weight is 213 g/mol. The summed E-state index contributed by atoms with van der Waals surface area (Å²) in [5, 5.41) is 7.34. The zero-order valence-corrected chi connectivity index (χ0v) is 8.07. The number of halogens is 1. The van der Waals surface area contributed by atoms with Gasteiger partial charge in [-0.25, -0.2) is 0 Å². The molecule has 1 heterocycles. The highest BCUT2D eigenvalue weighted by molar-refractivity contribution is 9.10. The van der Waals surface area contributed by atoms with Crippen molar-refractivity contribution < 1.29 is 0 Å². The standard InChI is InChI=1S/C8H9BrN2/c1-5(10)7-3-8(9)6(2)11-4-7/h3-4,10H,1-2H3. The molecule has 0 unspecified atom stereocenters. The van der Waals surface area contributed by atoms with Crippen molar-refractivity contribution in [3.63, 3.8) is 0 Å². The van der Waals surface area contributed by atoms with E-state index in [9.17, 15) is 0 Å². The van der Waals surface area contributed by atoms with Crippen LogP contribution in [-0.2, 0) is 0 Å². The molecule has 0 bridgehead atoms. The first-order chi connectivity index (χ1) is 5.11. The zero-order valence-electron chi connectivity index (χ0n) is 6.48. The number of hydrogen-bond donors (Lipinski definition) is 1. The minimum atomic E-state index is 0.540. The number of nitrogens with zero attached hydrogens (tertiary/aromatic N) is 1. The van der Waals surface area contributed by atoms with E-state index in [1.807, 2.05) is 13.0 Å². The second-order valence-electron chi connectivity index (χ2n) is 2.42. The van der Waals surface area contributed by atoms with Crippen LogP contribution in [0, 0.1) is 12.3 Å². The van der Waals surface area contributed by atoms with E-state index >= 15 is 0 Å². The van der Waals surface area contributed by atoms with Crippen molar-refractivity contribution in [3.8, 4) is 0 Å². The Morgan fingerprint density at radius 3 is 2.73 bits per heavy atom. The van der Waals surface area contributed by atoms with Gasteiger partial charge in [-0.3, -0.25) is 4.98 Å². The summed E-state index contributed by atoms with van der Waals surface area (Å²) < 4.78 is 0.960. The number of rotatable bonds is 1. The summed E-state index contributed by atoms with van der Waals surface area (Å²) in [6, 6.07) is 1.91. The second kappa shape index (κ2) is 3.13. The Balaban J connectivity index is 3.15. The van der Waals surface area contributed by atoms with Gasteiger partial charge >= 0.3 is 0 Å². The third kappa shape index (κ3) is 1.87. The van der Waals surface area contributed by atoms with Crippen molar-refractivity contribution in [1.82, 2.24) is 4.98 Å². The lowest BCUT2D eigenvalue weighted by molar-refractivity contribution is 1.17. The predicted molar refractivity (Wildman–Crippen MR) is 49.2 cm³/mol. The van der Waals surface area contributed by atoms with E-state index in [4.69, 9.17) is 5.41 Å². The van der Waals surface area contributed by atoms with E-state index in [1.54, 1.807) is 13.1 Å². The molecule has 0 amide bonds. The smallest absolute Gasteiger partial charge is 0.0514 e. The van der Waals surface area contributed by atoms with Gasteiger partial charge in [0.25, 0.3) is 0 Å². The molecule has 11 heavy (non-hydrogen) atoms. The number of aromatic nitrogens is 1. The van der Waals surface area contributed by atoms with Crippen molar-refractivity contribution >= 4 is 21.6 Å². The molecule has 1 aromatic rings. The fraction of sp³-hybridized carbons (Fsp3) is 0.250. The van der Waals surface area contributed by atoms with Crippen LogP contribution < -0.4 is 0 Å². The molecule has 1 rings (SSSR count). The predicted octanol–water partition coefficient (Wildman–Crippen LogP) is 2.54. The van der Waals surface area contributed by atoms with Gasteiger partial charge in [-0.2, -0.15) is 0 Å². The molecule has 3 heteroatoms. The summed E-state index contributed by atoms with van der Waals surface area (Å²) in [6.07, 6.45) is 1.71. The monoisotopic (exact) mass is 212 g/mol. The van der Waals surface area contributed by atoms with Gasteiger partial charge in [0.1, 0.15) is 0 Å². The fourth-order valence-electron chi connectivity index (χ4n) is 0.711. The normalized spacial score (nSPS) is 9.73. The highest BCUT2D eigenvalue weighted by Gasteiger charge is 1.99. The van der Waals surface area contributed by atoms with Crippen LogP contribution in [0.15, 0.2) is 16.7 Å². The van der Waals surface area contributed by atoms with Crippen molar-refractivity contribution in [2.75, 3.05) is 0 Å². The van der Waals surface area contributed by atoms with E-state index in [-0.39, 0.29) is 0 Å². The third-order valence-electron chi connectivity index (χ3n) is 1.46. The van der Waals surface area contributed by atoms with Crippen molar-refractivity contribution in [2.24, 2.45) is 0 Å². The van der Waals surface area contributed by atoms with Crippen LogP contribution in [0.5, 0.6) is 0 Å². The topological polar surface area (TPSA) is 36.7 Å². The van der Waals surface area contributed by atoms with E-state index in [0.717, 1.165) is 15.7 Å². The molecule has 0 aliphatic carbocycles. The lowest BCUT2D eigenvalue weighted by atomic mass is 10.2. The van der Waals surface area contributed by atoms with Crippen LogP contribution in [0.25, 0.3) is 0 Å². The number of hydrogen-bond acceptors (Lipinski definition) is 2. The Kier molecular flexibility index (Phi) is 2.39. The molecule has 0 spiro atoms. The molecular formula is C8H9BrN2. The summed E-state index contributed by atoms with van der Waals surface area (Å²) in [5.41, 5.74) is 2.36. The van der Waals surface area contributed by atoms with Crippen LogP contribution in [0.1, 0.15) is 18.2 Å². The van der Waals surface area contributed by atoms with E-state index in [1.165, 1.54) is 0 Å². The van der Waals surface area contributed by atoms with Gasteiger partial charge < -0.3 is 5.41 Å². The van der Waals surface area contributed by atoms with Gasteiger partial charge in [-0.05, 0) is 35.8 Å². The highest BCUT2D eigenvalue weighted by Crippen LogP contribution is 2.14. The Bertz CT molecular complexity index is 294. The van der Waals surface area contributed by atoms with Crippen LogP contribution in [0.2, 0.25) is 0 Å². The lowest BCUT2D eigenvalue weighted by Crippen LogP contribution is -1.94. The molecule has 0 radical (unpaired) electrons. The first kappa shape index (κ1) is 8.40. The Morgan fingerprint density at radius 2 is 2.27 bits per heavy atom. The SMILES string of the molecule is CC(=N)c1cnc(C)c(Br)c1. The lowest BCUT2D eigenvalue weighted by Gasteiger charge is -2.00. The minimum absolute atomic E-state index is 0.540. The van der Waals surface area contributed by atoms with E-state index in [2.05, 4.69) is 20.9 Å². The van der Waals surface area contributed by atoms with Crippen LogP contribution in [0.4, 0.5) is 0 Å². The Labute approximate surface area is 74.3 Å². The first-order valence-corrected chi connectivity index (χ1v) is 4.08. The van der Waals surface area contributed by atoms with Crippen molar-refractivity contribution in [3.05, 3.63) is 28.0 Å². The van der Waals surface area contributed by atoms with Crippen LogP contribution >= 0.6 is 15.9 Å². The van der Waals surface area contributed by atoms with Gasteiger partial charge in [-0.15, -0.1) is 0 Å². The molecule has 0 saturated heterocycles. The molecule has 58 valence electrons. The van der Waals surface area contributed by atoms with Gasteiger partial charge in [0.15, 0.2) is 0 Å². The maximum absolute atomic E-state index is 7.34. The molecule has 0 aliphatic rings. The summed E-state index contributed by atoms with van der Waals surface area (Å²) >= 11 is 3.36. The highest BCUT2D eigenvalue weighted by atomic mass is 79.9. The maximum Gasteiger partial charge on any atom is 0.0514 e. The molecule has 1 aromatic heterocycles. The largest absolute Gasteiger partial charge is 0.305 e. The molecular weight excluding hydrogens is 204 g/mol. The van der Waals surface area contributed by atoms with E-state index < -0.39 is 0 Å². The van der Waals surface area contributed by atoms with Crippen molar-refractivity contribution in [1.29, 1.82) is 5.41 Å². The van der Waals surface area contributed by atoms with Crippen LogP contribution in [-0.4, -0.2) is 10.7 Å². The quantitative estimate of drug-likeness (QED) is 0.715. The second-order valence-corrected chi connectivity index (χ2v) is 3.27. The van der Waals surface area contributed by atoms with Gasteiger partial charge in [0.05, 0.1) is 5.69 Å². The van der Waals surface area contributed by atoms with Crippen LogP contribution in [0.3, 0.4) is 0 Å². The molecule has 0 atom stereocenters. The third-order valence-corrected chi connectivity index (χ3v) is 2.26. The molecule has 1 N–H and O–H groups in total. The Morgan fingerprint density at radius 1 is 1.64 bits per heavy atom. The molecule has 0 aliphatic heterocycles. The van der Waals surface area contributed by atoms with E-state index in [0.29, 0.717) is 5.71 Å². The minimum Gasteiger partial charge on any atom is -0.305 e. The van der Waals surface area contributed by atoms with Gasteiger partial charge in [-0.1, -0.05) is 0 Å². The zero-order chi connectivity index (χ0) is 8.43. The fourth-order valence-corrected chi connectivity index (χ4v) is 1.06. The molecule has 0 saturated carbocycles. The molecule has 2 nitrogen and oxygen atoms in total. The summed E-state index contributed by atoms with van der Waals surface area (Å²) in [7, 11) is 0. The number of aryl methyl sites for hydroxylation is 1. The summed E-state index contributed by atoms with van der Waals surface area (Å²) in [4.78, 5) is 4.11.